The lowest BCUT2D eigenvalue weighted by Crippen LogP contribution is -2.06. The van der Waals surface area contributed by atoms with Crippen LogP contribution in [0.2, 0.25) is 0 Å². The Morgan fingerprint density at radius 1 is 1.37 bits per heavy atom. The number of rotatable bonds is 3. The minimum Gasteiger partial charge on any atom is -0.457 e. The standard InChI is InChI=1S/C14H13FN2O2/c1-9-4-10(7-17-6-9)8-19-14(18)11-2-3-13(16)12(15)5-11/h2-7H,8,16H2,1H3. The molecular weight excluding hydrogens is 247 g/mol. The lowest BCUT2D eigenvalue weighted by molar-refractivity contribution is 0.0472. The topological polar surface area (TPSA) is 65.2 Å². The number of nitrogens with zero attached hydrogens (tertiary/aromatic N) is 1. The van der Waals surface area contributed by atoms with Crippen molar-refractivity contribution in [1.82, 2.24) is 4.98 Å². The number of benzene rings is 1. The lowest BCUT2D eigenvalue weighted by atomic mass is 10.2. The van der Waals surface area contributed by atoms with Crippen LogP contribution in [0.4, 0.5) is 10.1 Å². The van der Waals surface area contributed by atoms with Crippen molar-refractivity contribution in [1.29, 1.82) is 0 Å². The van der Waals surface area contributed by atoms with Crippen molar-refractivity contribution >= 4 is 11.7 Å². The van der Waals surface area contributed by atoms with E-state index in [-0.39, 0.29) is 17.9 Å². The number of nitrogen functional groups attached to an aromatic ring is 1. The van der Waals surface area contributed by atoms with Crippen molar-refractivity contribution in [2.45, 2.75) is 13.5 Å². The zero-order chi connectivity index (χ0) is 13.8. The van der Waals surface area contributed by atoms with E-state index in [1.807, 2.05) is 13.0 Å². The lowest BCUT2D eigenvalue weighted by Gasteiger charge is -2.06. The minimum absolute atomic E-state index is 0.000524. The molecule has 0 saturated carbocycles. The number of hydrogen-bond acceptors (Lipinski definition) is 4. The summed E-state index contributed by atoms with van der Waals surface area (Å²) in [6.07, 6.45) is 3.32. The van der Waals surface area contributed by atoms with Crippen LogP contribution in [0.25, 0.3) is 0 Å². The molecule has 0 unspecified atom stereocenters. The van der Waals surface area contributed by atoms with E-state index in [9.17, 15) is 9.18 Å². The Bertz CT molecular complexity index is 614. The zero-order valence-electron chi connectivity index (χ0n) is 10.4. The fourth-order valence-corrected chi connectivity index (χ4v) is 1.58. The third-order valence-corrected chi connectivity index (χ3v) is 2.54. The number of carbonyl (C=O) groups excluding carboxylic acids is 1. The van der Waals surface area contributed by atoms with E-state index in [4.69, 9.17) is 10.5 Å². The summed E-state index contributed by atoms with van der Waals surface area (Å²) in [4.78, 5) is 15.7. The summed E-state index contributed by atoms with van der Waals surface area (Å²) >= 11 is 0. The quantitative estimate of drug-likeness (QED) is 0.680. The van der Waals surface area contributed by atoms with Gasteiger partial charge in [-0.1, -0.05) is 0 Å². The maximum absolute atomic E-state index is 13.2. The van der Waals surface area contributed by atoms with Crippen LogP contribution in [0.1, 0.15) is 21.5 Å². The van der Waals surface area contributed by atoms with E-state index in [1.165, 1.54) is 12.1 Å². The average Bonchev–Trinajstić information content (AvgIpc) is 2.39. The molecule has 98 valence electrons. The highest BCUT2D eigenvalue weighted by Crippen LogP contribution is 2.13. The Morgan fingerprint density at radius 3 is 2.84 bits per heavy atom. The van der Waals surface area contributed by atoms with Crippen LogP contribution in [0.3, 0.4) is 0 Å². The summed E-state index contributed by atoms with van der Waals surface area (Å²) in [5.74, 6) is -1.23. The van der Waals surface area contributed by atoms with Crippen LogP contribution in [0, 0.1) is 12.7 Å². The largest absolute Gasteiger partial charge is 0.457 e. The third kappa shape index (κ3) is 3.28. The fraction of sp³-hybridized carbons (Fsp3) is 0.143. The van der Waals surface area contributed by atoms with Crippen molar-refractivity contribution in [3.63, 3.8) is 0 Å². The van der Waals surface area contributed by atoms with Crippen LogP contribution in [0.5, 0.6) is 0 Å². The number of carbonyl (C=O) groups is 1. The molecule has 2 N–H and O–H groups in total. The molecule has 0 aliphatic carbocycles. The molecule has 2 aromatic rings. The number of hydrogen-bond donors (Lipinski definition) is 1. The highest BCUT2D eigenvalue weighted by atomic mass is 19.1. The van der Waals surface area contributed by atoms with Gasteiger partial charge < -0.3 is 10.5 Å². The highest BCUT2D eigenvalue weighted by Gasteiger charge is 2.10. The summed E-state index contributed by atoms with van der Waals surface area (Å²) in [5.41, 5.74) is 7.23. The molecular formula is C14H13FN2O2. The van der Waals surface area contributed by atoms with Crippen LogP contribution < -0.4 is 5.73 Å². The maximum Gasteiger partial charge on any atom is 0.338 e. The monoisotopic (exact) mass is 260 g/mol. The van der Waals surface area contributed by atoms with Crippen LogP contribution in [-0.4, -0.2) is 11.0 Å². The molecule has 1 aromatic heterocycles. The Hall–Kier alpha value is -2.43. The fourth-order valence-electron chi connectivity index (χ4n) is 1.58. The molecule has 5 heteroatoms. The van der Waals surface area contributed by atoms with Crippen molar-refractivity contribution in [3.8, 4) is 0 Å². The first kappa shape index (κ1) is 13.0. The summed E-state index contributed by atoms with van der Waals surface area (Å²) < 4.78 is 18.3. The molecule has 0 atom stereocenters. The Labute approximate surface area is 110 Å². The van der Waals surface area contributed by atoms with Gasteiger partial charge in [0.2, 0.25) is 0 Å². The molecule has 1 heterocycles. The average molecular weight is 260 g/mol. The van der Waals surface area contributed by atoms with E-state index in [2.05, 4.69) is 4.98 Å². The number of ether oxygens (including phenoxy) is 1. The second-order valence-corrected chi connectivity index (χ2v) is 4.18. The Balaban J connectivity index is 2.03. The third-order valence-electron chi connectivity index (χ3n) is 2.54. The summed E-state index contributed by atoms with van der Waals surface area (Å²) in [7, 11) is 0. The van der Waals surface area contributed by atoms with Crippen LogP contribution in [-0.2, 0) is 11.3 Å². The molecule has 0 bridgehead atoms. The second-order valence-electron chi connectivity index (χ2n) is 4.18. The first-order valence-electron chi connectivity index (χ1n) is 5.69. The highest BCUT2D eigenvalue weighted by molar-refractivity contribution is 5.89. The molecule has 19 heavy (non-hydrogen) atoms. The predicted octanol–water partition coefficient (Wildman–Crippen LogP) is 2.47. The van der Waals surface area contributed by atoms with Gasteiger partial charge in [-0.2, -0.15) is 0 Å². The molecule has 0 aliphatic rings. The molecule has 2 rings (SSSR count). The first-order chi connectivity index (χ1) is 9.06. The predicted molar refractivity (Wildman–Crippen MR) is 68.9 cm³/mol. The Kier molecular flexibility index (Phi) is 3.75. The van der Waals surface area contributed by atoms with Gasteiger partial charge in [0.15, 0.2) is 0 Å². The van der Waals surface area contributed by atoms with Gasteiger partial charge in [-0.25, -0.2) is 9.18 Å². The maximum atomic E-state index is 13.2. The molecule has 0 radical (unpaired) electrons. The SMILES string of the molecule is Cc1cncc(COC(=O)c2ccc(N)c(F)c2)c1. The zero-order valence-corrected chi connectivity index (χ0v) is 10.4. The van der Waals surface area contributed by atoms with E-state index in [1.54, 1.807) is 12.4 Å². The number of anilines is 1. The smallest absolute Gasteiger partial charge is 0.338 e. The summed E-state index contributed by atoms with van der Waals surface area (Å²) in [6, 6.07) is 5.69. The van der Waals surface area contributed by atoms with E-state index in [0.29, 0.717) is 0 Å². The number of aromatic nitrogens is 1. The normalized spacial score (nSPS) is 10.2. The number of esters is 1. The second kappa shape index (κ2) is 5.48. The Morgan fingerprint density at radius 2 is 2.16 bits per heavy atom. The van der Waals surface area contributed by atoms with Gasteiger partial charge in [0, 0.05) is 18.0 Å². The number of pyridine rings is 1. The summed E-state index contributed by atoms with van der Waals surface area (Å²) in [5, 5.41) is 0. The van der Waals surface area contributed by atoms with Gasteiger partial charge in [-0.3, -0.25) is 4.98 Å². The molecule has 0 fully saturated rings. The summed E-state index contributed by atoms with van der Waals surface area (Å²) in [6.45, 7) is 1.99. The van der Waals surface area contributed by atoms with Gasteiger partial charge in [0.05, 0.1) is 11.3 Å². The molecule has 0 spiro atoms. The van der Waals surface area contributed by atoms with Crippen LogP contribution >= 0.6 is 0 Å². The van der Waals surface area contributed by atoms with E-state index in [0.717, 1.165) is 17.2 Å². The molecule has 0 amide bonds. The van der Waals surface area contributed by atoms with Gasteiger partial charge >= 0.3 is 5.97 Å². The molecule has 0 aliphatic heterocycles. The number of halogens is 1. The van der Waals surface area contributed by atoms with Crippen molar-refractivity contribution in [2.24, 2.45) is 0 Å². The van der Waals surface area contributed by atoms with Gasteiger partial charge in [-0.05, 0) is 36.8 Å². The first-order valence-corrected chi connectivity index (χ1v) is 5.69. The molecule has 4 nitrogen and oxygen atoms in total. The van der Waals surface area contributed by atoms with E-state index < -0.39 is 11.8 Å². The van der Waals surface area contributed by atoms with Gasteiger partial charge in [-0.15, -0.1) is 0 Å². The molecule has 1 aromatic carbocycles. The number of nitrogens with two attached hydrogens (primary N) is 1. The number of aryl methyl sites for hydroxylation is 1. The van der Waals surface area contributed by atoms with Crippen molar-refractivity contribution in [2.75, 3.05) is 5.73 Å². The van der Waals surface area contributed by atoms with Gasteiger partial charge in [0.1, 0.15) is 12.4 Å². The van der Waals surface area contributed by atoms with Gasteiger partial charge in [0.25, 0.3) is 0 Å². The van der Waals surface area contributed by atoms with E-state index >= 15 is 0 Å². The molecule has 0 saturated heterocycles. The van der Waals surface area contributed by atoms with Crippen molar-refractivity contribution in [3.05, 3.63) is 59.2 Å². The minimum atomic E-state index is -0.633. The van der Waals surface area contributed by atoms with Crippen molar-refractivity contribution < 1.29 is 13.9 Å². The van der Waals surface area contributed by atoms with Crippen LogP contribution in [0.15, 0.2) is 36.7 Å².